The summed E-state index contributed by atoms with van der Waals surface area (Å²) in [5.41, 5.74) is 1.29. The van der Waals surface area contributed by atoms with E-state index in [4.69, 9.17) is 20.9 Å². The second kappa shape index (κ2) is 9.01. The Hall–Kier alpha value is -3.39. The normalized spacial score (nSPS) is 11.5. The molecule has 2 aromatic carbocycles. The molecule has 1 heterocycles. The summed E-state index contributed by atoms with van der Waals surface area (Å²) in [6.45, 7) is 1.30. The molecule has 0 saturated carbocycles. The van der Waals surface area contributed by atoms with Crippen molar-refractivity contribution in [1.82, 2.24) is 15.5 Å². The molecule has 28 heavy (non-hydrogen) atoms. The van der Waals surface area contributed by atoms with Crippen molar-refractivity contribution in [2.75, 3.05) is 5.32 Å². The van der Waals surface area contributed by atoms with Gasteiger partial charge in [-0.05, 0) is 31.2 Å². The first kappa shape index (κ1) is 19.4. The fourth-order valence-electron chi connectivity index (χ4n) is 2.26. The summed E-state index contributed by atoms with van der Waals surface area (Å²) in [5, 5.41) is 9.49. The Morgan fingerprint density at radius 2 is 1.96 bits per heavy atom. The van der Waals surface area contributed by atoms with Crippen LogP contribution < -0.4 is 10.6 Å². The molecule has 0 unspecified atom stereocenters. The fourth-order valence-corrected chi connectivity index (χ4v) is 2.45. The number of benzene rings is 2. The number of amides is 2. The summed E-state index contributed by atoms with van der Waals surface area (Å²) in [4.78, 5) is 28.1. The van der Waals surface area contributed by atoms with Gasteiger partial charge >= 0.3 is 12.0 Å². The van der Waals surface area contributed by atoms with Crippen LogP contribution in [0.25, 0.3) is 11.4 Å². The van der Waals surface area contributed by atoms with E-state index in [0.29, 0.717) is 22.1 Å². The highest BCUT2D eigenvalue weighted by atomic mass is 35.5. The van der Waals surface area contributed by atoms with E-state index >= 15 is 0 Å². The lowest BCUT2D eigenvalue weighted by molar-refractivity contribution is -0.147. The van der Waals surface area contributed by atoms with Gasteiger partial charge in [0.05, 0.1) is 0 Å². The minimum atomic E-state index is -0.862. The van der Waals surface area contributed by atoms with Crippen LogP contribution in [0.1, 0.15) is 12.8 Å². The van der Waals surface area contributed by atoms with E-state index in [1.807, 2.05) is 6.07 Å². The predicted molar refractivity (Wildman–Crippen MR) is 103 cm³/mol. The summed E-state index contributed by atoms with van der Waals surface area (Å²) >= 11 is 5.94. The van der Waals surface area contributed by atoms with E-state index in [2.05, 4.69) is 20.8 Å². The maximum Gasteiger partial charge on any atom is 0.328 e. The maximum atomic E-state index is 12.1. The number of esters is 1. The molecule has 0 saturated heterocycles. The maximum absolute atomic E-state index is 12.1. The van der Waals surface area contributed by atoms with Gasteiger partial charge < -0.3 is 19.9 Å². The van der Waals surface area contributed by atoms with Gasteiger partial charge in [0, 0.05) is 16.3 Å². The number of carbonyl (C=O) groups is 2. The molecule has 0 radical (unpaired) electrons. The summed E-state index contributed by atoms with van der Waals surface area (Å²) in [6.07, 6.45) is 0. The van der Waals surface area contributed by atoms with Gasteiger partial charge in [0.15, 0.2) is 6.61 Å². The smallest absolute Gasteiger partial charge is 0.328 e. The lowest BCUT2D eigenvalue weighted by Crippen LogP contribution is -2.41. The Balaban J connectivity index is 1.49. The number of nitrogens with one attached hydrogen (secondary N) is 2. The van der Waals surface area contributed by atoms with Crippen molar-refractivity contribution in [3.63, 3.8) is 0 Å². The molecule has 9 heteroatoms. The summed E-state index contributed by atoms with van der Waals surface area (Å²) in [7, 11) is 0. The highest BCUT2D eigenvalue weighted by molar-refractivity contribution is 6.30. The predicted octanol–water partition coefficient (Wildman–Crippen LogP) is 3.64. The van der Waals surface area contributed by atoms with Crippen molar-refractivity contribution >= 4 is 29.3 Å². The second-order valence-corrected chi connectivity index (χ2v) is 6.25. The first-order valence-corrected chi connectivity index (χ1v) is 8.77. The number of anilines is 1. The molecule has 1 aromatic heterocycles. The largest absolute Gasteiger partial charge is 0.454 e. The number of hydrogen-bond acceptors (Lipinski definition) is 6. The molecule has 0 aliphatic rings. The van der Waals surface area contributed by atoms with Crippen LogP contribution in [0.4, 0.5) is 10.5 Å². The molecule has 0 spiro atoms. The first-order valence-electron chi connectivity index (χ1n) is 8.39. The molecular formula is C19H17ClN4O4. The average Bonchev–Trinajstić information content (AvgIpc) is 3.16. The number of nitrogens with zero attached hydrogens (tertiary/aromatic N) is 2. The number of urea groups is 1. The minimum Gasteiger partial charge on any atom is -0.454 e. The Morgan fingerprint density at radius 1 is 1.18 bits per heavy atom. The molecular weight excluding hydrogens is 384 g/mol. The van der Waals surface area contributed by atoms with Crippen molar-refractivity contribution in [2.45, 2.75) is 19.6 Å². The Morgan fingerprint density at radius 3 is 2.71 bits per heavy atom. The second-order valence-electron chi connectivity index (χ2n) is 5.82. The van der Waals surface area contributed by atoms with E-state index in [0.717, 1.165) is 0 Å². The molecule has 2 N–H and O–H groups in total. The van der Waals surface area contributed by atoms with Crippen molar-refractivity contribution in [1.29, 1.82) is 0 Å². The van der Waals surface area contributed by atoms with Crippen LogP contribution in [0.15, 0.2) is 59.1 Å². The molecule has 8 nitrogen and oxygen atoms in total. The molecule has 2 amide bonds. The van der Waals surface area contributed by atoms with Crippen LogP contribution in [-0.4, -0.2) is 28.2 Å². The number of hydrogen-bond donors (Lipinski definition) is 2. The van der Waals surface area contributed by atoms with Crippen molar-refractivity contribution < 1.29 is 18.8 Å². The number of carbonyl (C=O) groups excluding carboxylic acids is 2. The Kier molecular flexibility index (Phi) is 6.23. The third-order valence-corrected chi connectivity index (χ3v) is 3.86. The summed E-state index contributed by atoms with van der Waals surface area (Å²) in [6, 6.07) is 14.5. The van der Waals surface area contributed by atoms with Crippen LogP contribution in [0.5, 0.6) is 0 Å². The van der Waals surface area contributed by atoms with E-state index in [1.54, 1.807) is 48.5 Å². The highest BCUT2D eigenvalue weighted by Crippen LogP contribution is 2.20. The van der Waals surface area contributed by atoms with Crippen LogP contribution in [0.3, 0.4) is 0 Å². The van der Waals surface area contributed by atoms with Gasteiger partial charge in [0.1, 0.15) is 6.04 Å². The van der Waals surface area contributed by atoms with Crippen molar-refractivity contribution in [2.24, 2.45) is 0 Å². The number of aromatic nitrogens is 2. The molecule has 3 aromatic rings. The standard InChI is InChI=1S/C19H17ClN4O4/c1-12(21-19(26)22-15-8-3-2-4-9-15)18(25)27-11-16-23-17(24-28-16)13-6-5-7-14(20)10-13/h2-10,12H,11H2,1H3,(H2,21,22,26)/t12-/m0/s1. The first-order chi connectivity index (χ1) is 13.5. The highest BCUT2D eigenvalue weighted by Gasteiger charge is 2.19. The Labute approximate surface area is 165 Å². The fraction of sp³-hybridized carbons (Fsp3) is 0.158. The van der Waals surface area contributed by atoms with Crippen LogP contribution in [0.2, 0.25) is 5.02 Å². The van der Waals surface area contributed by atoms with Gasteiger partial charge in [-0.3, -0.25) is 0 Å². The molecule has 3 rings (SSSR count). The average molecular weight is 401 g/mol. The quantitative estimate of drug-likeness (QED) is 0.612. The van der Waals surface area contributed by atoms with E-state index in [9.17, 15) is 9.59 Å². The van der Waals surface area contributed by atoms with Gasteiger partial charge in [0.25, 0.3) is 5.89 Å². The van der Waals surface area contributed by atoms with Crippen molar-refractivity contribution in [3.05, 3.63) is 65.5 Å². The number of para-hydroxylation sites is 1. The lowest BCUT2D eigenvalue weighted by Gasteiger charge is -2.13. The van der Waals surface area contributed by atoms with Crippen LogP contribution in [-0.2, 0) is 16.1 Å². The van der Waals surface area contributed by atoms with Gasteiger partial charge in [-0.2, -0.15) is 4.98 Å². The third-order valence-electron chi connectivity index (χ3n) is 3.62. The number of halogens is 1. The zero-order chi connectivity index (χ0) is 19.9. The van der Waals surface area contributed by atoms with Crippen LogP contribution >= 0.6 is 11.6 Å². The van der Waals surface area contributed by atoms with Gasteiger partial charge in [0.2, 0.25) is 5.82 Å². The number of ether oxygens (including phenoxy) is 1. The van der Waals surface area contributed by atoms with Gasteiger partial charge in [-0.1, -0.05) is 47.1 Å². The zero-order valence-corrected chi connectivity index (χ0v) is 15.6. The summed E-state index contributed by atoms with van der Waals surface area (Å²) in [5.74, 6) is -0.169. The van der Waals surface area contributed by atoms with Gasteiger partial charge in [-0.15, -0.1) is 0 Å². The molecule has 1 atom stereocenters. The SMILES string of the molecule is C[C@H](NC(=O)Nc1ccccc1)C(=O)OCc1nc(-c2cccc(Cl)c2)no1. The number of rotatable bonds is 6. The molecule has 0 fully saturated rings. The molecule has 0 bridgehead atoms. The molecule has 0 aliphatic carbocycles. The lowest BCUT2D eigenvalue weighted by atomic mass is 10.2. The minimum absolute atomic E-state index is 0.129. The van der Waals surface area contributed by atoms with E-state index < -0.39 is 18.0 Å². The Bertz CT molecular complexity index is 961. The van der Waals surface area contributed by atoms with E-state index in [-0.39, 0.29) is 12.5 Å². The monoisotopic (exact) mass is 400 g/mol. The zero-order valence-electron chi connectivity index (χ0n) is 14.9. The topological polar surface area (TPSA) is 106 Å². The van der Waals surface area contributed by atoms with Crippen molar-refractivity contribution in [3.8, 4) is 11.4 Å². The third kappa shape index (κ3) is 5.31. The van der Waals surface area contributed by atoms with Crippen LogP contribution in [0, 0.1) is 0 Å². The van der Waals surface area contributed by atoms with E-state index in [1.165, 1.54) is 6.92 Å². The van der Waals surface area contributed by atoms with Gasteiger partial charge in [-0.25, -0.2) is 9.59 Å². The molecule has 144 valence electrons. The summed E-state index contributed by atoms with van der Waals surface area (Å²) < 4.78 is 10.2. The molecule has 0 aliphatic heterocycles.